The summed E-state index contributed by atoms with van der Waals surface area (Å²) in [5, 5.41) is 8.50. The Kier molecular flexibility index (Phi) is 8.21. The Hall–Kier alpha value is -3.34. The number of nitrogens with two attached hydrogens (primary N) is 1. The highest BCUT2D eigenvalue weighted by atomic mass is 35.5. The minimum Gasteiger partial charge on any atom is -0.367 e. The number of hydrogen-bond acceptors (Lipinski definition) is 6. The van der Waals surface area contributed by atoms with E-state index in [1.54, 1.807) is 24.3 Å². The summed E-state index contributed by atoms with van der Waals surface area (Å²) in [6.07, 6.45) is 2.28. The second-order valence-electron chi connectivity index (χ2n) is 9.39. The molecule has 1 fully saturated rings. The van der Waals surface area contributed by atoms with Crippen LogP contribution in [0.4, 0.5) is 10.1 Å². The maximum absolute atomic E-state index is 13.3. The number of piperidine rings is 1. The number of carbonyl (C=O) groups excluding carboxylic acids is 3. The van der Waals surface area contributed by atoms with Crippen molar-refractivity contribution in [2.45, 2.75) is 25.3 Å². The lowest BCUT2D eigenvalue weighted by molar-refractivity contribution is -0.123. The molecule has 0 bridgehead atoms. The van der Waals surface area contributed by atoms with Gasteiger partial charge in [0.2, 0.25) is 5.91 Å². The van der Waals surface area contributed by atoms with E-state index in [1.807, 2.05) is 0 Å². The van der Waals surface area contributed by atoms with Crippen molar-refractivity contribution in [2.75, 3.05) is 38.2 Å². The van der Waals surface area contributed by atoms with Crippen LogP contribution in [-0.2, 0) is 15.1 Å². The lowest BCUT2D eigenvalue weighted by Gasteiger charge is -2.30. The van der Waals surface area contributed by atoms with Crippen LogP contribution in [0.15, 0.2) is 47.5 Å². The largest absolute Gasteiger partial charge is 0.367 e. The van der Waals surface area contributed by atoms with Gasteiger partial charge in [0.15, 0.2) is 5.54 Å². The van der Waals surface area contributed by atoms with Crippen LogP contribution < -0.4 is 21.7 Å². The highest BCUT2D eigenvalue weighted by Crippen LogP contribution is 2.28. The van der Waals surface area contributed by atoms with E-state index in [0.717, 1.165) is 50.5 Å². The Morgan fingerprint density at radius 1 is 1.16 bits per heavy atom. The predicted molar refractivity (Wildman–Crippen MR) is 140 cm³/mol. The van der Waals surface area contributed by atoms with Gasteiger partial charge in [0.1, 0.15) is 11.5 Å². The van der Waals surface area contributed by atoms with Crippen molar-refractivity contribution in [2.24, 2.45) is 16.6 Å². The molecule has 196 valence electrons. The number of anilines is 1. The molecule has 0 aromatic heterocycles. The zero-order chi connectivity index (χ0) is 26.6. The van der Waals surface area contributed by atoms with Gasteiger partial charge in [-0.3, -0.25) is 24.7 Å². The van der Waals surface area contributed by atoms with Crippen LogP contribution >= 0.6 is 11.6 Å². The first kappa shape index (κ1) is 26.7. The van der Waals surface area contributed by atoms with Crippen LogP contribution in [-0.4, -0.2) is 61.2 Å². The fraction of sp³-hybridized carbons (Fsp3) is 0.385. The molecule has 11 heteroatoms. The molecule has 5 N–H and O–H groups in total. The fourth-order valence-corrected chi connectivity index (χ4v) is 4.89. The van der Waals surface area contributed by atoms with Crippen LogP contribution in [0.5, 0.6) is 0 Å². The number of hydrogen-bond donors (Lipinski definition) is 4. The Morgan fingerprint density at radius 3 is 2.51 bits per heavy atom. The number of nitrogens with zero attached hydrogens (tertiary/aromatic N) is 2. The fourth-order valence-electron chi connectivity index (χ4n) is 4.64. The lowest BCUT2D eigenvalue weighted by Crippen LogP contribution is -2.58. The highest BCUT2D eigenvalue weighted by Gasteiger charge is 2.49. The van der Waals surface area contributed by atoms with Gasteiger partial charge in [-0.05, 0) is 67.7 Å². The average molecular weight is 529 g/mol. The molecule has 2 aromatic rings. The third-order valence-corrected chi connectivity index (χ3v) is 7.18. The normalized spacial score (nSPS) is 20.4. The Balaban J connectivity index is 1.44. The molecule has 3 amide bonds. The monoisotopic (exact) mass is 528 g/mol. The molecule has 9 nitrogen and oxygen atoms in total. The van der Waals surface area contributed by atoms with Crippen molar-refractivity contribution in [3.05, 3.63) is 64.4 Å². The molecule has 37 heavy (non-hydrogen) atoms. The summed E-state index contributed by atoms with van der Waals surface area (Å²) < 4.78 is 13.3. The first-order valence-electron chi connectivity index (χ1n) is 12.2. The third kappa shape index (κ3) is 5.82. The number of benzene rings is 2. The zero-order valence-electron chi connectivity index (χ0n) is 20.5. The molecule has 2 heterocycles. The number of halogens is 2. The van der Waals surface area contributed by atoms with Gasteiger partial charge >= 0.3 is 0 Å². The molecule has 4 rings (SSSR count). The molecule has 0 saturated carbocycles. The molecule has 0 radical (unpaired) electrons. The van der Waals surface area contributed by atoms with E-state index in [4.69, 9.17) is 17.3 Å². The van der Waals surface area contributed by atoms with E-state index in [0.29, 0.717) is 17.8 Å². The molecule has 1 atom stereocenters. The minimum absolute atomic E-state index is 0.00199. The molecule has 2 aromatic carbocycles. The number of nitrogens with one attached hydrogen (secondary N) is 3. The summed E-state index contributed by atoms with van der Waals surface area (Å²) in [7, 11) is 0. The second-order valence-corrected chi connectivity index (χ2v) is 9.80. The van der Waals surface area contributed by atoms with E-state index in [9.17, 15) is 18.8 Å². The number of rotatable bonds is 8. The van der Waals surface area contributed by atoms with E-state index in [1.165, 1.54) is 6.07 Å². The molecule has 0 aliphatic carbocycles. The Bertz CT molecular complexity index is 1210. The molecule has 2 aliphatic rings. The lowest BCUT2D eigenvalue weighted by atomic mass is 9.84. The number of carbonyl (C=O) groups is 3. The van der Waals surface area contributed by atoms with Crippen LogP contribution in [0, 0.1) is 11.7 Å². The van der Waals surface area contributed by atoms with Gasteiger partial charge in [-0.1, -0.05) is 30.7 Å². The molecule has 1 unspecified atom stereocenters. The van der Waals surface area contributed by atoms with Gasteiger partial charge in [-0.2, -0.15) is 0 Å². The van der Waals surface area contributed by atoms with Crippen LogP contribution in [0.1, 0.15) is 35.7 Å². The van der Waals surface area contributed by atoms with Crippen LogP contribution in [0.3, 0.4) is 0 Å². The number of aliphatic imine (C=N–C) groups is 1. The van der Waals surface area contributed by atoms with Gasteiger partial charge in [-0.15, -0.1) is 0 Å². The topological polar surface area (TPSA) is 129 Å². The summed E-state index contributed by atoms with van der Waals surface area (Å²) >= 11 is 5.97. The Labute approximate surface area is 219 Å². The van der Waals surface area contributed by atoms with Crippen molar-refractivity contribution in [1.82, 2.24) is 15.5 Å². The molecular weight excluding hydrogens is 499 g/mol. The first-order valence-corrected chi connectivity index (χ1v) is 12.6. The number of likely N-dealkylation sites (tertiary alicyclic amines) is 1. The second kappa shape index (κ2) is 11.4. The maximum atomic E-state index is 13.3. The minimum atomic E-state index is -1.60. The summed E-state index contributed by atoms with van der Waals surface area (Å²) in [6.45, 7) is 5.45. The van der Waals surface area contributed by atoms with Gasteiger partial charge in [0.05, 0.1) is 17.3 Å². The quantitative estimate of drug-likeness (QED) is 0.418. The van der Waals surface area contributed by atoms with Gasteiger partial charge in [0, 0.05) is 18.8 Å². The Morgan fingerprint density at radius 2 is 1.86 bits per heavy atom. The predicted octanol–water partition coefficient (Wildman–Crippen LogP) is 2.26. The highest BCUT2D eigenvalue weighted by molar-refractivity contribution is 6.47. The number of amides is 3. The van der Waals surface area contributed by atoms with Gasteiger partial charge in [0.25, 0.3) is 11.8 Å². The van der Waals surface area contributed by atoms with Crippen molar-refractivity contribution in [3.63, 3.8) is 0 Å². The standard InChI is InChI=1S/C26H30ClFN6O3/c1-16-8-11-34(12-9-16)13-10-30-24(36)22-26(25(29)37,32-15-31-22)17-2-5-19(6-3-17)33-23(35)20-7-4-18(28)14-21(20)27/h2-7,14,16,32H,8-13,15H2,1H3,(H2,29,37)(H,30,36)(H,33,35). The average Bonchev–Trinajstić information content (AvgIpc) is 3.32. The van der Waals surface area contributed by atoms with E-state index in [2.05, 4.69) is 32.8 Å². The van der Waals surface area contributed by atoms with E-state index >= 15 is 0 Å². The summed E-state index contributed by atoms with van der Waals surface area (Å²) in [5.41, 5.74) is 5.12. The first-order chi connectivity index (χ1) is 17.7. The van der Waals surface area contributed by atoms with Crippen LogP contribution in [0.2, 0.25) is 5.02 Å². The zero-order valence-corrected chi connectivity index (χ0v) is 21.3. The molecule has 1 saturated heterocycles. The van der Waals surface area contributed by atoms with Crippen molar-refractivity contribution < 1.29 is 18.8 Å². The van der Waals surface area contributed by atoms with E-state index in [-0.39, 0.29) is 23.0 Å². The van der Waals surface area contributed by atoms with E-state index < -0.39 is 29.1 Å². The van der Waals surface area contributed by atoms with Gasteiger partial charge in [-0.25, -0.2) is 4.39 Å². The smallest absolute Gasteiger partial charge is 0.268 e. The van der Waals surface area contributed by atoms with Crippen molar-refractivity contribution in [1.29, 1.82) is 0 Å². The van der Waals surface area contributed by atoms with Crippen molar-refractivity contribution >= 4 is 40.7 Å². The van der Waals surface area contributed by atoms with Gasteiger partial charge < -0.3 is 21.3 Å². The summed E-state index contributed by atoms with van der Waals surface area (Å²) in [4.78, 5) is 44.8. The third-order valence-electron chi connectivity index (χ3n) is 6.86. The number of primary amides is 1. The molecule has 2 aliphatic heterocycles. The van der Waals surface area contributed by atoms with Crippen LogP contribution in [0.25, 0.3) is 0 Å². The molecule has 0 spiro atoms. The summed E-state index contributed by atoms with van der Waals surface area (Å²) in [5.74, 6) is -1.57. The maximum Gasteiger partial charge on any atom is 0.268 e. The SMILES string of the molecule is CC1CCN(CCNC(=O)C2=NCNC2(C(N)=O)c2ccc(NC(=O)c3ccc(F)cc3Cl)cc2)CC1. The van der Waals surface area contributed by atoms with Crippen molar-refractivity contribution in [3.8, 4) is 0 Å². The molecular formula is C26H30ClFN6O3. The summed E-state index contributed by atoms with van der Waals surface area (Å²) in [6, 6.07) is 9.81.